The summed E-state index contributed by atoms with van der Waals surface area (Å²) < 4.78 is 13.3. The van der Waals surface area contributed by atoms with Gasteiger partial charge in [-0.3, -0.25) is 0 Å². The molecule has 0 radical (unpaired) electrons. The van der Waals surface area contributed by atoms with Crippen LogP contribution in [0.25, 0.3) is 0 Å². The number of hydrogen-bond donors (Lipinski definition) is 1. The second kappa shape index (κ2) is 5.09. The van der Waals surface area contributed by atoms with Crippen molar-refractivity contribution in [2.45, 2.75) is 20.0 Å². The summed E-state index contributed by atoms with van der Waals surface area (Å²) in [5.74, 6) is -0.443. The van der Waals surface area contributed by atoms with E-state index in [1.165, 1.54) is 12.1 Å². The molecule has 94 valence electrons. The number of aliphatic hydroxyl groups is 1. The topological polar surface area (TPSA) is 20.2 Å². The van der Waals surface area contributed by atoms with Gasteiger partial charge < -0.3 is 5.11 Å². The third kappa shape index (κ3) is 2.71. The Bertz CT molecular complexity index is 560. The molecule has 0 aliphatic carbocycles. The molecule has 0 aliphatic heterocycles. The number of rotatable bonds is 2. The first-order chi connectivity index (χ1) is 8.47. The van der Waals surface area contributed by atoms with Gasteiger partial charge in [0, 0.05) is 5.02 Å². The van der Waals surface area contributed by atoms with Crippen LogP contribution in [-0.4, -0.2) is 5.11 Å². The molecule has 0 fully saturated rings. The lowest BCUT2D eigenvalue weighted by atomic mass is 9.96. The Kier molecular flexibility index (Phi) is 3.69. The number of hydrogen-bond acceptors (Lipinski definition) is 1. The smallest absolute Gasteiger partial charge is 0.125 e. The Morgan fingerprint density at radius 1 is 1.11 bits per heavy atom. The van der Waals surface area contributed by atoms with Crippen LogP contribution in [0.3, 0.4) is 0 Å². The molecule has 0 aliphatic rings. The summed E-state index contributed by atoms with van der Waals surface area (Å²) in [4.78, 5) is 0. The Morgan fingerprint density at radius 3 is 2.50 bits per heavy atom. The maximum absolute atomic E-state index is 13.3. The number of halogens is 2. The summed E-state index contributed by atoms with van der Waals surface area (Å²) in [7, 11) is 0. The predicted molar refractivity (Wildman–Crippen MR) is 71.4 cm³/mol. The zero-order valence-electron chi connectivity index (χ0n) is 10.2. The minimum Gasteiger partial charge on any atom is -0.384 e. The van der Waals surface area contributed by atoms with E-state index in [-0.39, 0.29) is 5.02 Å². The van der Waals surface area contributed by atoms with E-state index in [9.17, 15) is 9.50 Å². The molecule has 3 heteroatoms. The van der Waals surface area contributed by atoms with Crippen LogP contribution in [-0.2, 0) is 0 Å². The minimum atomic E-state index is -0.863. The lowest BCUT2D eigenvalue weighted by Gasteiger charge is -2.15. The molecule has 0 heterocycles. The molecular formula is C15H14ClFO. The summed E-state index contributed by atoms with van der Waals surface area (Å²) in [5, 5.41) is 10.6. The Labute approximate surface area is 111 Å². The van der Waals surface area contributed by atoms with Crippen molar-refractivity contribution in [3.8, 4) is 0 Å². The van der Waals surface area contributed by atoms with Crippen LogP contribution in [0.4, 0.5) is 4.39 Å². The van der Waals surface area contributed by atoms with Crippen molar-refractivity contribution in [1.29, 1.82) is 0 Å². The molecule has 0 saturated heterocycles. The van der Waals surface area contributed by atoms with Gasteiger partial charge in [-0.1, -0.05) is 35.4 Å². The van der Waals surface area contributed by atoms with Crippen molar-refractivity contribution in [3.05, 3.63) is 69.5 Å². The van der Waals surface area contributed by atoms with Crippen LogP contribution in [0.1, 0.15) is 28.4 Å². The molecule has 18 heavy (non-hydrogen) atoms. The second-order valence-corrected chi connectivity index (χ2v) is 4.90. The first-order valence-electron chi connectivity index (χ1n) is 5.68. The minimum absolute atomic E-state index is 0.286. The van der Waals surface area contributed by atoms with Gasteiger partial charge in [-0.15, -0.1) is 0 Å². The van der Waals surface area contributed by atoms with E-state index < -0.39 is 11.9 Å². The molecule has 0 amide bonds. The molecule has 0 aromatic heterocycles. The zero-order chi connectivity index (χ0) is 13.3. The van der Waals surface area contributed by atoms with Crippen molar-refractivity contribution in [2.75, 3.05) is 0 Å². The third-order valence-corrected chi connectivity index (χ3v) is 3.15. The summed E-state index contributed by atoms with van der Waals surface area (Å²) in [6, 6.07) is 9.92. The molecule has 1 N–H and O–H groups in total. The van der Waals surface area contributed by atoms with Gasteiger partial charge in [0.15, 0.2) is 0 Å². The quantitative estimate of drug-likeness (QED) is 0.863. The molecule has 1 atom stereocenters. The monoisotopic (exact) mass is 264 g/mol. The Hall–Kier alpha value is -1.38. The molecular weight excluding hydrogens is 251 g/mol. The lowest BCUT2D eigenvalue weighted by Crippen LogP contribution is -2.03. The van der Waals surface area contributed by atoms with E-state index in [1.807, 2.05) is 32.0 Å². The van der Waals surface area contributed by atoms with Crippen molar-refractivity contribution < 1.29 is 9.50 Å². The summed E-state index contributed by atoms with van der Waals surface area (Å²) in [6.45, 7) is 3.87. The average Bonchev–Trinajstić information content (AvgIpc) is 2.30. The number of aryl methyl sites for hydroxylation is 2. The SMILES string of the molecule is Cc1ccc(C)c(C(O)c2cc(F)cc(Cl)c2)c1. The maximum atomic E-state index is 13.3. The first kappa shape index (κ1) is 13.1. The fraction of sp³-hybridized carbons (Fsp3) is 0.200. The van der Waals surface area contributed by atoms with Crippen LogP contribution < -0.4 is 0 Å². The van der Waals surface area contributed by atoms with Gasteiger partial charge in [-0.2, -0.15) is 0 Å². The standard InChI is InChI=1S/C15H14ClFO/c1-9-3-4-10(2)14(5-9)15(18)11-6-12(16)8-13(17)7-11/h3-8,15,18H,1-2H3. The second-order valence-electron chi connectivity index (χ2n) is 4.47. The van der Waals surface area contributed by atoms with Crippen molar-refractivity contribution in [2.24, 2.45) is 0 Å². The highest BCUT2D eigenvalue weighted by Gasteiger charge is 2.14. The fourth-order valence-corrected chi connectivity index (χ4v) is 2.20. The zero-order valence-corrected chi connectivity index (χ0v) is 11.0. The largest absolute Gasteiger partial charge is 0.384 e. The highest BCUT2D eigenvalue weighted by atomic mass is 35.5. The van der Waals surface area contributed by atoms with E-state index in [1.54, 1.807) is 6.07 Å². The van der Waals surface area contributed by atoms with Crippen molar-refractivity contribution in [1.82, 2.24) is 0 Å². The number of benzene rings is 2. The third-order valence-electron chi connectivity index (χ3n) is 2.93. The fourth-order valence-electron chi connectivity index (χ4n) is 1.97. The highest BCUT2D eigenvalue weighted by Crippen LogP contribution is 2.28. The molecule has 0 saturated carbocycles. The van der Waals surface area contributed by atoms with Gasteiger partial charge in [0.1, 0.15) is 11.9 Å². The molecule has 1 unspecified atom stereocenters. The van der Waals surface area contributed by atoms with Crippen molar-refractivity contribution in [3.63, 3.8) is 0 Å². The molecule has 1 nitrogen and oxygen atoms in total. The van der Waals surface area contributed by atoms with Crippen LogP contribution in [0.5, 0.6) is 0 Å². The van der Waals surface area contributed by atoms with Gasteiger partial charge in [0.2, 0.25) is 0 Å². The van der Waals surface area contributed by atoms with E-state index in [2.05, 4.69) is 0 Å². The van der Waals surface area contributed by atoms with Crippen molar-refractivity contribution >= 4 is 11.6 Å². The average molecular weight is 265 g/mol. The van der Waals surface area contributed by atoms with Gasteiger partial charge in [0.05, 0.1) is 0 Å². The van der Waals surface area contributed by atoms with Crippen LogP contribution in [0.2, 0.25) is 5.02 Å². The van der Waals surface area contributed by atoms with Gasteiger partial charge in [-0.25, -0.2) is 4.39 Å². The normalized spacial score (nSPS) is 12.5. The number of aliphatic hydroxyl groups excluding tert-OH is 1. The van der Waals surface area contributed by atoms with Crippen LogP contribution in [0.15, 0.2) is 36.4 Å². The van der Waals surface area contributed by atoms with Gasteiger partial charge >= 0.3 is 0 Å². The lowest BCUT2D eigenvalue weighted by molar-refractivity contribution is 0.219. The van der Waals surface area contributed by atoms with Crippen LogP contribution >= 0.6 is 11.6 Å². The molecule has 0 spiro atoms. The Morgan fingerprint density at radius 2 is 1.83 bits per heavy atom. The first-order valence-corrected chi connectivity index (χ1v) is 6.06. The van der Waals surface area contributed by atoms with E-state index in [4.69, 9.17) is 11.6 Å². The molecule has 0 bridgehead atoms. The van der Waals surface area contributed by atoms with E-state index in [0.29, 0.717) is 5.56 Å². The summed E-state index contributed by atoms with van der Waals surface area (Å²) in [6.07, 6.45) is -0.863. The van der Waals surface area contributed by atoms with Gasteiger partial charge in [-0.05, 0) is 48.7 Å². The van der Waals surface area contributed by atoms with Gasteiger partial charge in [0.25, 0.3) is 0 Å². The Balaban J connectivity index is 2.47. The highest BCUT2D eigenvalue weighted by molar-refractivity contribution is 6.30. The molecule has 2 aromatic carbocycles. The summed E-state index contributed by atoms with van der Waals surface area (Å²) >= 11 is 5.80. The molecule has 2 aromatic rings. The van der Waals surface area contributed by atoms with Crippen LogP contribution in [0, 0.1) is 19.7 Å². The molecule has 2 rings (SSSR count). The maximum Gasteiger partial charge on any atom is 0.125 e. The van der Waals surface area contributed by atoms with E-state index >= 15 is 0 Å². The van der Waals surface area contributed by atoms with E-state index in [0.717, 1.165) is 16.7 Å². The summed E-state index contributed by atoms with van der Waals surface area (Å²) in [5.41, 5.74) is 3.26. The predicted octanol–water partition coefficient (Wildman–Crippen LogP) is 4.18.